The average molecular weight is 425 g/mol. The number of nitrogens with zero attached hydrogens (tertiary/aromatic N) is 3. The molecule has 1 aromatic carbocycles. The maximum Gasteiger partial charge on any atom is 0.416 e. The minimum absolute atomic E-state index is 0.0894. The standard InChI is InChI=1S/C20H22F3N3O2S/c1-3-8-25(9-4-2)18(28)14-29-19-24-11-17(13-27)26(19)12-15-6-5-7-16(10-15)20(21,22)23/h3-7,10-11,27H,1-2,8-9,12-14H2. The predicted octanol–water partition coefficient (Wildman–Crippen LogP) is 3.74. The minimum Gasteiger partial charge on any atom is -0.390 e. The van der Waals surface area contributed by atoms with Gasteiger partial charge in [-0.05, 0) is 17.7 Å². The van der Waals surface area contributed by atoms with Gasteiger partial charge in [0.15, 0.2) is 5.16 Å². The van der Waals surface area contributed by atoms with E-state index in [0.717, 1.165) is 23.9 Å². The van der Waals surface area contributed by atoms with Crippen LogP contribution in [0.1, 0.15) is 16.8 Å². The first-order valence-electron chi connectivity index (χ1n) is 8.74. The number of aliphatic hydroxyl groups excluding tert-OH is 1. The molecule has 0 aliphatic carbocycles. The van der Waals surface area contributed by atoms with E-state index in [9.17, 15) is 23.1 Å². The Labute approximate surface area is 171 Å². The Morgan fingerprint density at radius 3 is 2.55 bits per heavy atom. The molecule has 0 unspecified atom stereocenters. The van der Waals surface area contributed by atoms with Crippen molar-refractivity contribution in [1.29, 1.82) is 0 Å². The number of alkyl halides is 3. The second kappa shape index (κ2) is 10.3. The van der Waals surface area contributed by atoms with Crippen LogP contribution in [-0.2, 0) is 24.1 Å². The van der Waals surface area contributed by atoms with Crippen molar-refractivity contribution in [3.05, 3.63) is 72.6 Å². The third kappa shape index (κ3) is 6.23. The molecule has 0 spiro atoms. The summed E-state index contributed by atoms with van der Waals surface area (Å²) in [4.78, 5) is 18.2. The Balaban J connectivity index is 2.18. The molecule has 0 bridgehead atoms. The van der Waals surface area contributed by atoms with E-state index in [1.807, 2.05) is 0 Å². The summed E-state index contributed by atoms with van der Waals surface area (Å²) in [5, 5.41) is 9.99. The molecule has 1 N–H and O–H groups in total. The molecular formula is C20H22F3N3O2S. The van der Waals surface area contributed by atoms with Crippen molar-refractivity contribution >= 4 is 17.7 Å². The summed E-state index contributed by atoms with van der Waals surface area (Å²) in [6, 6.07) is 4.99. The van der Waals surface area contributed by atoms with Gasteiger partial charge < -0.3 is 14.6 Å². The van der Waals surface area contributed by atoms with Gasteiger partial charge in [0.25, 0.3) is 0 Å². The number of carbonyl (C=O) groups excluding carboxylic acids is 1. The molecule has 156 valence electrons. The van der Waals surface area contributed by atoms with Crippen molar-refractivity contribution in [2.45, 2.75) is 24.5 Å². The van der Waals surface area contributed by atoms with Crippen molar-refractivity contribution in [1.82, 2.24) is 14.5 Å². The molecule has 9 heteroatoms. The van der Waals surface area contributed by atoms with Gasteiger partial charge in [0.2, 0.25) is 5.91 Å². The highest BCUT2D eigenvalue weighted by Gasteiger charge is 2.30. The zero-order chi connectivity index (χ0) is 21.4. The molecule has 0 aliphatic rings. The lowest BCUT2D eigenvalue weighted by atomic mass is 10.1. The van der Waals surface area contributed by atoms with Gasteiger partial charge in [-0.3, -0.25) is 4.79 Å². The first kappa shape index (κ1) is 22.8. The van der Waals surface area contributed by atoms with Gasteiger partial charge in [-0.2, -0.15) is 13.2 Å². The maximum atomic E-state index is 13.0. The Morgan fingerprint density at radius 1 is 1.28 bits per heavy atom. The topological polar surface area (TPSA) is 58.4 Å². The fourth-order valence-electron chi connectivity index (χ4n) is 2.64. The second-order valence-electron chi connectivity index (χ2n) is 6.14. The van der Waals surface area contributed by atoms with E-state index in [1.165, 1.54) is 12.3 Å². The first-order chi connectivity index (χ1) is 13.8. The van der Waals surface area contributed by atoms with Gasteiger partial charge in [0.05, 0.1) is 29.8 Å². The Hall–Kier alpha value is -2.52. The zero-order valence-electron chi connectivity index (χ0n) is 15.7. The van der Waals surface area contributed by atoms with Crippen LogP contribution in [0.5, 0.6) is 0 Å². The van der Waals surface area contributed by atoms with E-state index in [4.69, 9.17) is 0 Å². The number of imidazole rings is 1. The average Bonchev–Trinajstić information content (AvgIpc) is 3.07. The molecule has 1 heterocycles. The van der Waals surface area contributed by atoms with Crippen LogP contribution >= 0.6 is 11.8 Å². The van der Waals surface area contributed by atoms with Crippen molar-refractivity contribution in [2.24, 2.45) is 0 Å². The van der Waals surface area contributed by atoms with Crippen LogP contribution in [-0.4, -0.2) is 44.3 Å². The number of amides is 1. The fourth-order valence-corrected chi connectivity index (χ4v) is 3.54. The van der Waals surface area contributed by atoms with E-state index < -0.39 is 11.7 Å². The number of halogens is 3. The summed E-state index contributed by atoms with van der Waals surface area (Å²) in [6.07, 6.45) is 0.245. The molecule has 5 nitrogen and oxygen atoms in total. The first-order valence-corrected chi connectivity index (χ1v) is 9.72. The molecule has 0 fully saturated rings. The van der Waals surface area contributed by atoms with Gasteiger partial charge in [0.1, 0.15) is 0 Å². The molecule has 2 aromatic rings. The molecule has 29 heavy (non-hydrogen) atoms. The van der Waals surface area contributed by atoms with E-state index in [-0.39, 0.29) is 24.8 Å². The number of hydrogen-bond acceptors (Lipinski definition) is 4. The molecule has 0 atom stereocenters. The highest BCUT2D eigenvalue weighted by Crippen LogP contribution is 2.30. The smallest absolute Gasteiger partial charge is 0.390 e. The maximum absolute atomic E-state index is 13.0. The largest absolute Gasteiger partial charge is 0.416 e. The van der Waals surface area contributed by atoms with Crippen LogP contribution in [0.3, 0.4) is 0 Å². The number of aromatic nitrogens is 2. The third-order valence-corrected chi connectivity index (χ3v) is 5.01. The van der Waals surface area contributed by atoms with Crippen LogP contribution in [0.25, 0.3) is 0 Å². The van der Waals surface area contributed by atoms with Crippen molar-refractivity contribution in [2.75, 3.05) is 18.8 Å². The van der Waals surface area contributed by atoms with Crippen molar-refractivity contribution in [3.63, 3.8) is 0 Å². The lowest BCUT2D eigenvalue weighted by Gasteiger charge is -2.19. The summed E-state index contributed by atoms with van der Waals surface area (Å²) in [5.74, 6) is -0.0550. The Morgan fingerprint density at radius 2 is 1.97 bits per heavy atom. The van der Waals surface area contributed by atoms with E-state index >= 15 is 0 Å². The summed E-state index contributed by atoms with van der Waals surface area (Å²) in [7, 11) is 0. The lowest BCUT2D eigenvalue weighted by Crippen LogP contribution is -2.32. The predicted molar refractivity (Wildman–Crippen MR) is 106 cm³/mol. The van der Waals surface area contributed by atoms with E-state index in [2.05, 4.69) is 18.1 Å². The van der Waals surface area contributed by atoms with Crippen LogP contribution in [0.4, 0.5) is 13.2 Å². The van der Waals surface area contributed by atoms with Crippen LogP contribution < -0.4 is 0 Å². The van der Waals surface area contributed by atoms with Gasteiger partial charge in [0, 0.05) is 19.6 Å². The van der Waals surface area contributed by atoms with Crippen LogP contribution in [0.2, 0.25) is 0 Å². The van der Waals surface area contributed by atoms with Crippen LogP contribution in [0.15, 0.2) is 60.9 Å². The van der Waals surface area contributed by atoms with Gasteiger partial charge >= 0.3 is 6.18 Å². The number of rotatable bonds is 10. The number of thioether (sulfide) groups is 1. The molecular weight excluding hydrogens is 403 g/mol. The Kier molecular flexibility index (Phi) is 8.10. The van der Waals surface area contributed by atoms with Crippen molar-refractivity contribution in [3.8, 4) is 0 Å². The quantitative estimate of drug-likeness (QED) is 0.466. The minimum atomic E-state index is -4.44. The SMILES string of the molecule is C=CCN(CC=C)C(=O)CSc1ncc(CO)n1Cc1cccc(C(F)(F)F)c1. The number of hydrogen-bond donors (Lipinski definition) is 1. The van der Waals surface area contributed by atoms with E-state index in [1.54, 1.807) is 27.7 Å². The van der Waals surface area contributed by atoms with Gasteiger partial charge in [-0.25, -0.2) is 4.98 Å². The number of benzene rings is 1. The van der Waals surface area contributed by atoms with Crippen LogP contribution in [0, 0.1) is 0 Å². The number of carbonyl (C=O) groups is 1. The monoisotopic (exact) mass is 425 g/mol. The lowest BCUT2D eigenvalue weighted by molar-refractivity contribution is -0.137. The summed E-state index contributed by atoms with van der Waals surface area (Å²) >= 11 is 1.16. The molecule has 0 radical (unpaired) electrons. The second-order valence-corrected chi connectivity index (χ2v) is 7.08. The van der Waals surface area contributed by atoms with E-state index in [0.29, 0.717) is 29.5 Å². The summed E-state index contributed by atoms with van der Waals surface area (Å²) in [6.45, 7) is 7.79. The van der Waals surface area contributed by atoms with Crippen molar-refractivity contribution < 1.29 is 23.1 Å². The van der Waals surface area contributed by atoms with Gasteiger partial charge in [-0.1, -0.05) is 36.0 Å². The fraction of sp³-hybridized carbons (Fsp3) is 0.300. The molecule has 0 saturated carbocycles. The molecule has 1 aromatic heterocycles. The number of aliphatic hydroxyl groups is 1. The Bertz CT molecular complexity index is 855. The normalized spacial score (nSPS) is 11.3. The molecule has 1 amide bonds. The third-order valence-electron chi connectivity index (χ3n) is 4.04. The van der Waals surface area contributed by atoms with Gasteiger partial charge in [-0.15, -0.1) is 13.2 Å². The molecule has 0 saturated heterocycles. The highest BCUT2D eigenvalue weighted by atomic mass is 32.2. The molecule has 2 rings (SSSR count). The zero-order valence-corrected chi connectivity index (χ0v) is 16.5. The highest BCUT2D eigenvalue weighted by molar-refractivity contribution is 7.99. The molecule has 0 aliphatic heterocycles. The summed E-state index contributed by atoms with van der Waals surface area (Å²) < 4.78 is 40.5. The summed E-state index contributed by atoms with van der Waals surface area (Å²) in [5.41, 5.74) is 0.126.